The van der Waals surface area contributed by atoms with Gasteiger partial charge in [0, 0.05) is 13.1 Å². The zero-order valence-electron chi connectivity index (χ0n) is 10.1. The van der Waals surface area contributed by atoms with E-state index in [4.69, 9.17) is 5.73 Å². The molecule has 2 N–H and O–H groups in total. The summed E-state index contributed by atoms with van der Waals surface area (Å²) in [5.41, 5.74) is 5.44. The molecule has 0 spiro atoms. The van der Waals surface area contributed by atoms with Crippen molar-refractivity contribution in [2.45, 2.75) is 26.2 Å². The number of hydrogen-bond donors (Lipinski definition) is 1. The molecule has 1 aromatic heterocycles. The maximum absolute atomic E-state index is 11.1. The number of carbonyl (C=O) groups is 1. The Hall–Kier alpha value is -1.65. The first kappa shape index (κ1) is 11.8. The van der Waals surface area contributed by atoms with Gasteiger partial charge in [0.05, 0.1) is 12.4 Å². The summed E-state index contributed by atoms with van der Waals surface area (Å²) in [4.78, 5) is 21.5. The highest BCUT2D eigenvalue weighted by Crippen LogP contribution is 2.20. The third-order valence-electron chi connectivity index (χ3n) is 3.22. The fourth-order valence-electron chi connectivity index (χ4n) is 2.12. The van der Waals surface area contributed by atoms with Crippen LogP contribution in [0.2, 0.25) is 0 Å². The van der Waals surface area contributed by atoms with E-state index in [1.807, 2.05) is 0 Å². The molecule has 2 heterocycles. The predicted octanol–water partition coefficient (Wildman–Crippen LogP) is 1.20. The Morgan fingerprint density at radius 2 is 2.24 bits per heavy atom. The van der Waals surface area contributed by atoms with E-state index in [1.54, 1.807) is 6.20 Å². The minimum Gasteiger partial charge on any atom is -0.364 e. The monoisotopic (exact) mass is 234 g/mol. The fraction of sp³-hybridized carbons (Fsp3) is 0.583. The predicted molar refractivity (Wildman–Crippen MR) is 65.8 cm³/mol. The van der Waals surface area contributed by atoms with Crippen LogP contribution >= 0.6 is 0 Å². The number of amides is 1. The molecular formula is C12H18N4O. The summed E-state index contributed by atoms with van der Waals surface area (Å²) < 4.78 is 0. The standard InChI is InChI=1S/C12H18N4O/c1-9-3-2-5-16(6-4-9)11-8-14-7-10(15-11)12(13)17/h7-9H,2-6H2,1H3,(H2,13,17). The number of rotatable bonds is 2. The van der Waals surface area contributed by atoms with Gasteiger partial charge in [-0.15, -0.1) is 0 Å². The molecule has 0 aliphatic carbocycles. The van der Waals surface area contributed by atoms with Crippen molar-refractivity contribution >= 4 is 11.7 Å². The van der Waals surface area contributed by atoms with Crippen molar-refractivity contribution in [3.05, 3.63) is 18.1 Å². The third kappa shape index (κ3) is 2.93. The second kappa shape index (κ2) is 5.12. The molecule has 1 saturated heterocycles. The molecule has 0 saturated carbocycles. The van der Waals surface area contributed by atoms with Crippen molar-refractivity contribution in [2.24, 2.45) is 11.7 Å². The highest BCUT2D eigenvalue weighted by Gasteiger charge is 2.16. The van der Waals surface area contributed by atoms with Crippen LogP contribution in [0.25, 0.3) is 0 Å². The Kier molecular flexibility index (Phi) is 3.56. The molecular weight excluding hydrogens is 216 g/mol. The summed E-state index contributed by atoms with van der Waals surface area (Å²) in [5.74, 6) is 0.991. The summed E-state index contributed by atoms with van der Waals surface area (Å²) >= 11 is 0. The molecule has 1 aliphatic heterocycles. The number of carbonyl (C=O) groups excluding carboxylic acids is 1. The first-order valence-corrected chi connectivity index (χ1v) is 6.03. The van der Waals surface area contributed by atoms with Crippen LogP contribution in [0.1, 0.15) is 36.7 Å². The fourth-order valence-corrected chi connectivity index (χ4v) is 2.12. The van der Waals surface area contributed by atoms with Gasteiger partial charge in [0.2, 0.25) is 0 Å². The Morgan fingerprint density at radius 1 is 1.41 bits per heavy atom. The second-order valence-corrected chi connectivity index (χ2v) is 4.65. The number of hydrogen-bond acceptors (Lipinski definition) is 4. The Balaban J connectivity index is 2.15. The number of aromatic nitrogens is 2. The number of primary amides is 1. The molecule has 1 amide bonds. The Labute approximate surface area is 101 Å². The average Bonchev–Trinajstić information content (AvgIpc) is 2.54. The number of nitrogens with zero attached hydrogens (tertiary/aromatic N) is 3. The normalized spacial score (nSPS) is 21.0. The van der Waals surface area contributed by atoms with Crippen LogP contribution in [0.15, 0.2) is 12.4 Å². The van der Waals surface area contributed by atoms with Crippen molar-refractivity contribution in [3.8, 4) is 0 Å². The van der Waals surface area contributed by atoms with Gasteiger partial charge in [-0.2, -0.15) is 0 Å². The molecule has 5 heteroatoms. The lowest BCUT2D eigenvalue weighted by atomic mass is 10.0. The second-order valence-electron chi connectivity index (χ2n) is 4.65. The van der Waals surface area contributed by atoms with Crippen LogP contribution in [0, 0.1) is 5.92 Å². The van der Waals surface area contributed by atoms with E-state index in [9.17, 15) is 4.79 Å². The van der Waals surface area contributed by atoms with Gasteiger partial charge in [-0.25, -0.2) is 4.98 Å². The third-order valence-corrected chi connectivity index (χ3v) is 3.22. The summed E-state index contributed by atoms with van der Waals surface area (Å²) in [5, 5.41) is 0. The molecule has 92 valence electrons. The lowest BCUT2D eigenvalue weighted by Crippen LogP contribution is -2.26. The van der Waals surface area contributed by atoms with Crippen LogP contribution in [0.5, 0.6) is 0 Å². The van der Waals surface area contributed by atoms with Crippen LogP contribution in [0.3, 0.4) is 0 Å². The first-order chi connectivity index (χ1) is 8.16. The van der Waals surface area contributed by atoms with Gasteiger partial charge in [0.15, 0.2) is 0 Å². The van der Waals surface area contributed by atoms with Crippen molar-refractivity contribution in [2.75, 3.05) is 18.0 Å². The van der Waals surface area contributed by atoms with Crippen molar-refractivity contribution < 1.29 is 4.79 Å². The lowest BCUT2D eigenvalue weighted by molar-refractivity contribution is 0.0995. The van der Waals surface area contributed by atoms with E-state index >= 15 is 0 Å². The highest BCUT2D eigenvalue weighted by molar-refractivity contribution is 5.90. The maximum Gasteiger partial charge on any atom is 0.268 e. The molecule has 1 unspecified atom stereocenters. The zero-order valence-corrected chi connectivity index (χ0v) is 10.1. The van der Waals surface area contributed by atoms with Crippen molar-refractivity contribution in [3.63, 3.8) is 0 Å². The van der Waals surface area contributed by atoms with Gasteiger partial charge in [-0.3, -0.25) is 9.78 Å². The summed E-state index contributed by atoms with van der Waals surface area (Å²) in [7, 11) is 0. The Morgan fingerprint density at radius 3 is 3.00 bits per heavy atom. The van der Waals surface area contributed by atoms with E-state index in [0.29, 0.717) is 0 Å². The minimum atomic E-state index is -0.525. The molecule has 2 rings (SSSR count). The van der Waals surface area contributed by atoms with E-state index < -0.39 is 5.91 Å². The van der Waals surface area contributed by atoms with Gasteiger partial charge in [0.25, 0.3) is 5.91 Å². The van der Waals surface area contributed by atoms with Crippen LogP contribution in [0.4, 0.5) is 5.82 Å². The summed E-state index contributed by atoms with van der Waals surface area (Å²) in [6, 6.07) is 0. The summed E-state index contributed by atoms with van der Waals surface area (Å²) in [6.07, 6.45) is 6.67. The number of nitrogens with two attached hydrogens (primary N) is 1. The van der Waals surface area contributed by atoms with Crippen LogP contribution in [-0.2, 0) is 0 Å². The van der Waals surface area contributed by atoms with Gasteiger partial charge in [-0.1, -0.05) is 6.92 Å². The first-order valence-electron chi connectivity index (χ1n) is 6.03. The molecule has 5 nitrogen and oxygen atoms in total. The Bertz CT molecular complexity index is 407. The largest absolute Gasteiger partial charge is 0.364 e. The van der Waals surface area contributed by atoms with E-state index in [2.05, 4.69) is 21.8 Å². The topological polar surface area (TPSA) is 72.1 Å². The lowest BCUT2D eigenvalue weighted by Gasteiger charge is -2.21. The van der Waals surface area contributed by atoms with Gasteiger partial charge >= 0.3 is 0 Å². The molecule has 1 aliphatic rings. The maximum atomic E-state index is 11.1. The molecule has 1 fully saturated rings. The van der Waals surface area contributed by atoms with E-state index in [-0.39, 0.29) is 5.69 Å². The van der Waals surface area contributed by atoms with Crippen LogP contribution in [-0.4, -0.2) is 29.0 Å². The zero-order chi connectivity index (χ0) is 12.3. The molecule has 1 atom stereocenters. The number of anilines is 1. The molecule has 0 radical (unpaired) electrons. The SMILES string of the molecule is CC1CCCN(c2cncc(C(N)=O)n2)CC1. The van der Waals surface area contributed by atoms with Crippen LogP contribution < -0.4 is 10.6 Å². The summed E-state index contributed by atoms with van der Waals surface area (Å²) in [6.45, 7) is 4.22. The van der Waals surface area contributed by atoms with Gasteiger partial charge in [-0.05, 0) is 25.2 Å². The van der Waals surface area contributed by atoms with Crippen molar-refractivity contribution in [1.29, 1.82) is 0 Å². The van der Waals surface area contributed by atoms with E-state index in [1.165, 1.54) is 12.6 Å². The minimum absolute atomic E-state index is 0.236. The molecule has 17 heavy (non-hydrogen) atoms. The highest BCUT2D eigenvalue weighted by atomic mass is 16.1. The molecule has 0 aromatic carbocycles. The molecule has 0 bridgehead atoms. The van der Waals surface area contributed by atoms with Crippen molar-refractivity contribution in [1.82, 2.24) is 9.97 Å². The van der Waals surface area contributed by atoms with Gasteiger partial charge in [0.1, 0.15) is 11.5 Å². The molecule has 1 aromatic rings. The van der Waals surface area contributed by atoms with E-state index in [0.717, 1.165) is 37.7 Å². The quantitative estimate of drug-likeness (QED) is 0.834. The average molecular weight is 234 g/mol. The smallest absolute Gasteiger partial charge is 0.268 e. The van der Waals surface area contributed by atoms with Gasteiger partial charge < -0.3 is 10.6 Å².